The zero-order chi connectivity index (χ0) is 15.2. The Bertz CT molecular complexity index is 577. The molecular formula is C16H18N2O3. The van der Waals surface area contributed by atoms with Crippen molar-refractivity contribution in [3.8, 4) is 12.3 Å². The largest absolute Gasteiger partial charge is 0.481 e. The van der Waals surface area contributed by atoms with Gasteiger partial charge in [-0.2, -0.15) is 0 Å². The van der Waals surface area contributed by atoms with Gasteiger partial charge in [0.15, 0.2) is 0 Å². The first kappa shape index (κ1) is 14.9. The summed E-state index contributed by atoms with van der Waals surface area (Å²) in [5.74, 6) is 1.73. The average Bonchev–Trinajstić information content (AvgIpc) is 2.47. The maximum absolute atomic E-state index is 12.2. The van der Waals surface area contributed by atoms with Gasteiger partial charge >= 0.3 is 12.0 Å². The van der Waals surface area contributed by atoms with Crippen molar-refractivity contribution in [2.24, 2.45) is 5.92 Å². The predicted octanol–water partition coefficient (Wildman–Crippen LogP) is 2.39. The summed E-state index contributed by atoms with van der Waals surface area (Å²) in [6.07, 6.45) is 7.11. The molecule has 2 rings (SSSR count). The molecule has 2 N–H and O–H groups in total. The Kier molecular flexibility index (Phi) is 4.83. The summed E-state index contributed by atoms with van der Waals surface area (Å²) in [5.41, 5.74) is 1.35. The SMILES string of the molecule is C#Cc1cccc(NC(=O)N2CCCC(CC(=O)O)C2)c1. The van der Waals surface area contributed by atoms with Gasteiger partial charge < -0.3 is 15.3 Å². The molecule has 0 spiro atoms. The number of carbonyl (C=O) groups is 2. The van der Waals surface area contributed by atoms with Crippen LogP contribution in [0.5, 0.6) is 0 Å². The lowest BCUT2D eigenvalue weighted by Gasteiger charge is -2.32. The number of anilines is 1. The highest BCUT2D eigenvalue weighted by Crippen LogP contribution is 2.20. The van der Waals surface area contributed by atoms with Crippen molar-refractivity contribution in [2.75, 3.05) is 18.4 Å². The fourth-order valence-electron chi connectivity index (χ4n) is 2.55. The molecule has 1 aromatic carbocycles. The van der Waals surface area contributed by atoms with Crippen LogP contribution in [0.4, 0.5) is 10.5 Å². The van der Waals surface area contributed by atoms with Gasteiger partial charge in [0.05, 0.1) is 0 Å². The molecule has 1 unspecified atom stereocenters. The number of carboxylic acids is 1. The van der Waals surface area contributed by atoms with Gasteiger partial charge in [0.2, 0.25) is 0 Å². The van der Waals surface area contributed by atoms with E-state index in [0.29, 0.717) is 24.3 Å². The molecule has 21 heavy (non-hydrogen) atoms. The normalized spacial score (nSPS) is 17.9. The molecule has 0 bridgehead atoms. The lowest BCUT2D eigenvalue weighted by Crippen LogP contribution is -2.42. The summed E-state index contributed by atoms with van der Waals surface area (Å²) in [6.45, 7) is 1.13. The van der Waals surface area contributed by atoms with Crippen LogP contribution in [0, 0.1) is 18.3 Å². The number of urea groups is 1. The number of carboxylic acid groups (broad SMARTS) is 1. The molecular weight excluding hydrogens is 268 g/mol. The molecule has 1 aliphatic rings. The summed E-state index contributed by atoms with van der Waals surface area (Å²) in [5, 5.41) is 11.6. The summed E-state index contributed by atoms with van der Waals surface area (Å²) < 4.78 is 0. The number of rotatable bonds is 3. The third-order valence-corrected chi connectivity index (χ3v) is 3.55. The maximum atomic E-state index is 12.2. The van der Waals surface area contributed by atoms with Gasteiger partial charge in [-0.3, -0.25) is 4.79 Å². The Morgan fingerprint density at radius 1 is 1.48 bits per heavy atom. The quantitative estimate of drug-likeness (QED) is 0.838. The number of amides is 2. The van der Waals surface area contributed by atoms with Gasteiger partial charge in [0.25, 0.3) is 0 Å². The highest BCUT2D eigenvalue weighted by atomic mass is 16.4. The second-order valence-electron chi connectivity index (χ2n) is 5.21. The zero-order valence-electron chi connectivity index (χ0n) is 11.7. The molecule has 1 saturated heterocycles. The highest BCUT2D eigenvalue weighted by molar-refractivity contribution is 5.89. The highest BCUT2D eigenvalue weighted by Gasteiger charge is 2.25. The molecule has 1 aromatic rings. The van der Waals surface area contributed by atoms with E-state index in [-0.39, 0.29) is 18.4 Å². The fourth-order valence-corrected chi connectivity index (χ4v) is 2.55. The van der Waals surface area contributed by atoms with E-state index < -0.39 is 5.97 Å². The topological polar surface area (TPSA) is 69.6 Å². The lowest BCUT2D eigenvalue weighted by atomic mass is 9.95. The summed E-state index contributed by atoms with van der Waals surface area (Å²) in [6, 6.07) is 6.88. The fraction of sp³-hybridized carbons (Fsp3) is 0.375. The van der Waals surface area contributed by atoms with Gasteiger partial charge in [0.1, 0.15) is 0 Å². The van der Waals surface area contributed by atoms with E-state index in [1.807, 2.05) is 0 Å². The number of hydrogen-bond acceptors (Lipinski definition) is 2. The Hall–Kier alpha value is -2.48. The first-order valence-electron chi connectivity index (χ1n) is 6.93. The van der Waals surface area contributed by atoms with Gasteiger partial charge in [-0.1, -0.05) is 12.0 Å². The number of aliphatic carboxylic acids is 1. The Morgan fingerprint density at radius 3 is 3.00 bits per heavy atom. The molecule has 1 heterocycles. The Labute approximate surface area is 124 Å². The average molecular weight is 286 g/mol. The molecule has 5 heteroatoms. The first-order valence-corrected chi connectivity index (χ1v) is 6.93. The number of nitrogens with one attached hydrogen (secondary N) is 1. The zero-order valence-corrected chi connectivity index (χ0v) is 11.7. The Balaban J connectivity index is 1.96. The predicted molar refractivity (Wildman–Crippen MR) is 79.9 cm³/mol. The smallest absolute Gasteiger partial charge is 0.321 e. The monoisotopic (exact) mass is 286 g/mol. The third kappa shape index (κ3) is 4.25. The van der Waals surface area contributed by atoms with Gasteiger partial charge in [-0.05, 0) is 37.0 Å². The van der Waals surface area contributed by atoms with Gasteiger partial charge in [-0.15, -0.1) is 6.42 Å². The molecule has 1 fully saturated rings. The molecule has 1 atom stereocenters. The lowest BCUT2D eigenvalue weighted by molar-refractivity contribution is -0.138. The van der Waals surface area contributed by atoms with Crippen LogP contribution in [0.3, 0.4) is 0 Å². The van der Waals surface area contributed by atoms with Crippen LogP contribution < -0.4 is 5.32 Å². The third-order valence-electron chi connectivity index (χ3n) is 3.55. The van der Waals surface area contributed by atoms with Crippen LogP contribution in [0.25, 0.3) is 0 Å². The minimum Gasteiger partial charge on any atom is -0.481 e. The van der Waals surface area contributed by atoms with Crippen molar-refractivity contribution in [3.63, 3.8) is 0 Å². The Morgan fingerprint density at radius 2 is 2.29 bits per heavy atom. The van der Waals surface area contributed by atoms with Crippen LogP contribution in [-0.4, -0.2) is 35.1 Å². The molecule has 0 aromatic heterocycles. The van der Waals surface area contributed by atoms with Gasteiger partial charge in [-0.25, -0.2) is 4.79 Å². The number of piperidine rings is 1. The van der Waals surface area contributed by atoms with Crippen molar-refractivity contribution in [1.82, 2.24) is 4.90 Å². The van der Waals surface area contributed by atoms with Crippen LogP contribution >= 0.6 is 0 Å². The van der Waals surface area contributed by atoms with E-state index in [0.717, 1.165) is 12.8 Å². The van der Waals surface area contributed by atoms with E-state index in [1.54, 1.807) is 29.2 Å². The number of terminal acetylenes is 1. The second-order valence-corrected chi connectivity index (χ2v) is 5.21. The van der Waals surface area contributed by atoms with Crippen LogP contribution in [-0.2, 0) is 4.79 Å². The van der Waals surface area contributed by atoms with Crippen molar-refractivity contribution in [2.45, 2.75) is 19.3 Å². The van der Waals surface area contributed by atoms with E-state index in [1.165, 1.54) is 0 Å². The van der Waals surface area contributed by atoms with E-state index in [4.69, 9.17) is 11.5 Å². The molecule has 2 amide bonds. The van der Waals surface area contributed by atoms with Crippen molar-refractivity contribution >= 4 is 17.7 Å². The minimum absolute atomic E-state index is 0.0269. The minimum atomic E-state index is -0.816. The molecule has 0 aliphatic carbocycles. The van der Waals surface area contributed by atoms with Crippen LogP contribution in [0.1, 0.15) is 24.8 Å². The molecule has 1 aliphatic heterocycles. The van der Waals surface area contributed by atoms with Crippen LogP contribution in [0.2, 0.25) is 0 Å². The van der Waals surface area contributed by atoms with E-state index in [9.17, 15) is 9.59 Å². The summed E-state index contributed by atoms with van der Waals surface area (Å²) in [4.78, 5) is 24.6. The number of hydrogen-bond donors (Lipinski definition) is 2. The number of carbonyl (C=O) groups excluding carboxylic acids is 1. The first-order chi connectivity index (χ1) is 10.1. The van der Waals surface area contributed by atoms with Crippen molar-refractivity contribution < 1.29 is 14.7 Å². The van der Waals surface area contributed by atoms with E-state index in [2.05, 4.69) is 11.2 Å². The van der Waals surface area contributed by atoms with E-state index >= 15 is 0 Å². The summed E-state index contributed by atoms with van der Waals surface area (Å²) in [7, 11) is 0. The standard InChI is InChI=1S/C16H18N2O3/c1-2-12-5-3-7-14(9-12)17-16(21)18-8-4-6-13(11-18)10-15(19)20/h1,3,5,7,9,13H,4,6,8,10-11H2,(H,17,21)(H,19,20). The number of likely N-dealkylation sites (tertiary alicyclic amines) is 1. The van der Waals surface area contributed by atoms with Crippen molar-refractivity contribution in [3.05, 3.63) is 29.8 Å². The maximum Gasteiger partial charge on any atom is 0.321 e. The molecule has 0 radical (unpaired) electrons. The number of benzene rings is 1. The molecule has 5 nitrogen and oxygen atoms in total. The van der Waals surface area contributed by atoms with Crippen molar-refractivity contribution in [1.29, 1.82) is 0 Å². The molecule has 0 saturated carbocycles. The van der Waals surface area contributed by atoms with Crippen LogP contribution in [0.15, 0.2) is 24.3 Å². The van der Waals surface area contributed by atoms with Gasteiger partial charge in [0, 0.05) is 30.8 Å². The molecule has 110 valence electrons. The number of nitrogens with zero attached hydrogens (tertiary/aromatic N) is 1. The second kappa shape index (κ2) is 6.80. The summed E-state index contributed by atoms with van der Waals surface area (Å²) >= 11 is 0.